The van der Waals surface area contributed by atoms with Gasteiger partial charge in [-0.2, -0.15) is 0 Å². The smallest absolute Gasteiger partial charge is 0.332 e. The van der Waals surface area contributed by atoms with Crippen LogP contribution >= 0.6 is 0 Å². The van der Waals surface area contributed by atoms with Crippen molar-refractivity contribution < 1.29 is 9.53 Å². The van der Waals surface area contributed by atoms with Gasteiger partial charge < -0.3 is 9.64 Å². The van der Waals surface area contributed by atoms with Crippen LogP contribution in [0, 0.1) is 0 Å². The van der Waals surface area contributed by atoms with Gasteiger partial charge in [-0.3, -0.25) is 18.7 Å². The standard InChI is InChI=1S/C21H22N4O4/c1-5-12-25(13-14-6-8-15(29-4)9-7-14)20(27)17-11-10-16-18(22-17)23(2)21(28)24(3)19(16)26/h5-11H,1,12-13H2,2-4H3. The molecule has 1 aromatic carbocycles. The minimum atomic E-state index is -0.499. The van der Waals surface area contributed by atoms with Gasteiger partial charge in [-0.15, -0.1) is 6.58 Å². The summed E-state index contributed by atoms with van der Waals surface area (Å²) in [5, 5.41) is 0.275. The van der Waals surface area contributed by atoms with E-state index in [0.29, 0.717) is 13.1 Å². The molecule has 0 spiro atoms. The SMILES string of the molecule is C=CCN(Cc1ccc(OC)cc1)C(=O)c1ccc2c(=O)n(C)c(=O)n(C)c2n1. The predicted octanol–water partition coefficient (Wildman–Crippen LogP) is 1.47. The van der Waals surface area contributed by atoms with Crippen LogP contribution in [0.15, 0.2) is 58.6 Å². The fraction of sp³-hybridized carbons (Fsp3) is 0.238. The van der Waals surface area contributed by atoms with Gasteiger partial charge in [-0.25, -0.2) is 9.78 Å². The molecule has 8 heteroatoms. The first kappa shape index (κ1) is 20.1. The van der Waals surface area contributed by atoms with Crippen molar-refractivity contribution in [3.05, 3.63) is 81.1 Å². The molecular formula is C21H22N4O4. The first-order chi connectivity index (χ1) is 13.9. The van der Waals surface area contributed by atoms with E-state index in [1.165, 1.54) is 30.8 Å². The Labute approximate surface area is 167 Å². The van der Waals surface area contributed by atoms with Crippen LogP contribution in [0.1, 0.15) is 16.1 Å². The molecule has 0 aliphatic carbocycles. The minimum absolute atomic E-state index is 0.149. The van der Waals surface area contributed by atoms with E-state index in [1.807, 2.05) is 24.3 Å². The molecule has 0 bridgehead atoms. The van der Waals surface area contributed by atoms with Gasteiger partial charge in [-0.05, 0) is 29.8 Å². The third-order valence-electron chi connectivity index (χ3n) is 4.69. The fourth-order valence-electron chi connectivity index (χ4n) is 3.06. The van der Waals surface area contributed by atoms with Crippen LogP contribution in [0.2, 0.25) is 0 Å². The largest absolute Gasteiger partial charge is 0.497 e. The molecular weight excluding hydrogens is 372 g/mol. The van der Waals surface area contributed by atoms with Crippen LogP contribution < -0.4 is 16.0 Å². The third-order valence-corrected chi connectivity index (χ3v) is 4.69. The van der Waals surface area contributed by atoms with E-state index in [9.17, 15) is 14.4 Å². The number of benzene rings is 1. The molecule has 0 saturated heterocycles. The number of carbonyl (C=O) groups excluding carboxylic acids is 1. The Kier molecular flexibility index (Phi) is 5.63. The van der Waals surface area contributed by atoms with Crippen LogP contribution in [0.25, 0.3) is 11.0 Å². The number of hydrogen-bond acceptors (Lipinski definition) is 5. The Balaban J connectivity index is 1.99. The lowest BCUT2D eigenvalue weighted by atomic mass is 10.2. The van der Waals surface area contributed by atoms with Crippen molar-refractivity contribution in [1.82, 2.24) is 19.0 Å². The van der Waals surface area contributed by atoms with Gasteiger partial charge >= 0.3 is 5.69 Å². The maximum Gasteiger partial charge on any atom is 0.332 e. The lowest BCUT2D eigenvalue weighted by Crippen LogP contribution is -2.38. The molecule has 2 aromatic heterocycles. The molecule has 0 saturated carbocycles. The Morgan fingerprint density at radius 3 is 2.45 bits per heavy atom. The molecule has 0 unspecified atom stereocenters. The van der Waals surface area contributed by atoms with E-state index in [1.54, 1.807) is 18.1 Å². The maximum absolute atomic E-state index is 13.1. The van der Waals surface area contributed by atoms with Gasteiger partial charge in [0, 0.05) is 27.2 Å². The van der Waals surface area contributed by atoms with Gasteiger partial charge in [0.2, 0.25) is 0 Å². The van der Waals surface area contributed by atoms with E-state index >= 15 is 0 Å². The Bertz CT molecular complexity index is 1190. The second-order valence-electron chi connectivity index (χ2n) is 6.60. The predicted molar refractivity (Wildman–Crippen MR) is 110 cm³/mol. The molecule has 8 nitrogen and oxygen atoms in total. The highest BCUT2D eigenvalue weighted by molar-refractivity contribution is 5.94. The maximum atomic E-state index is 13.1. The van der Waals surface area contributed by atoms with Gasteiger partial charge in [0.15, 0.2) is 0 Å². The normalized spacial score (nSPS) is 10.7. The van der Waals surface area contributed by atoms with E-state index in [0.717, 1.165) is 15.9 Å². The molecule has 0 atom stereocenters. The van der Waals surface area contributed by atoms with Crippen LogP contribution in [-0.4, -0.2) is 38.6 Å². The summed E-state index contributed by atoms with van der Waals surface area (Å²) in [5.41, 5.74) is 0.294. The van der Waals surface area contributed by atoms with Crippen LogP contribution in [-0.2, 0) is 20.6 Å². The zero-order valence-electron chi connectivity index (χ0n) is 16.6. The summed E-state index contributed by atoms with van der Waals surface area (Å²) < 4.78 is 7.43. The lowest BCUT2D eigenvalue weighted by molar-refractivity contribution is 0.0757. The zero-order valence-corrected chi connectivity index (χ0v) is 16.6. The highest BCUT2D eigenvalue weighted by Gasteiger charge is 2.19. The topological polar surface area (TPSA) is 86.4 Å². The van der Waals surface area contributed by atoms with Gasteiger partial charge in [-0.1, -0.05) is 18.2 Å². The van der Waals surface area contributed by atoms with Crippen LogP contribution in [0.3, 0.4) is 0 Å². The molecule has 0 fully saturated rings. The van der Waals surface area contributed by atoms with Crippen molar-refractivity contribution in [2.24, 2.45) is 14.1 Å². The molecule has 0 aliphatic heterocycles. The Hall–Kier alpha value is -3.68. The molecule has 1 amide bonds. The number of carbonyl (C=O) groups is 1. The van der Waals surface area contributed by atoms with Crippen molar-refractivity contribution >= 4 is 16.9 Å². The molecule has 2 heterocycles. The van der Waals surface area contributed by atoms with Crippen molar-refractivity contribution in [1.29, 1.82) is 0 Å². The summed E-state index contributed by atoms with van der Waals surface area (Å²) in [6.45, 7) is 4.39. The molecule has 150 valence electrons. The molecule has 0 radical (unpaired) electrons. The first-order valence-electron chi connectivity index (χ1n) is 8.97. The van der Waals surface area contributed by atoms with Gasteiger partial charge in [0.25, 0.3) is 11.5 Å². The third kappa shape index (κ3) is 3.82. The van der Waals surface area contributed by atoms with Crippen molar-refractivity contribution in [2.75, 3.05) is 13.7 Å². The second kappa shape index (κ2) is 8.14. The number of pyridine rings is 1. The summed E-state index contributed by atoms with van der Waals surface area (Å²) >= 11 is 0. The number of hydrogen-bond donors (Lipinski definition) is 0. The van der Waals surface area contributed by atoms with Crippen LogP contribution in [0.4, 0.5) is 0 Å². The number of rotatable bonds is 6. The van der Waals surface area contributed by atoms with Gasteiger partial charge in [0.05, 0.1) is 12.5 Å². The summed E-state index contributed by atoms with van der Waals surface area (Å²) in [6.07, 6.45) is 1.63. The van der Waals surface area contributed by atoms with Crippen molar-refractivity contribution in [3.8, 4) is 5.75 Å². The zero-order chi connectivity index (χ0) is 21.1. The Morgan fingerprint density at radius 2 is 1.83 bits per heavy atom. The molecule has 3 rings (SSSR count). The first-order valence-corrected chi connectivity index (χ1v) is 8.97. The van der Waals surface area contributed by atoms with E-state index in [4.69, 9.17) is 4.74 Å². The summed E-state index contributed by atoms with van der Waals surface area (Å²) in [5.74, 6) is 0.407. The number of amides is 1. The minimum Gasteiger partial charge on any atom is -0.497 e. The van der Waals surface area contributed by atoms with E-state index in [2.05, 4.69) is 11.6 Å². The highest BCUT2D eigenvalue weighted by atomic mass is 16.5. The highest BCUT2D eigenvalue weighted by Crippen LogP contribution is 2.15. The molecule has 0 aliphatic rings. The summed E-state index contributed by atoms with van der Waals surface area (Å²) in [6, 6.07) is 10.4. The van der Waals surface area contributed by atoms with E-state index in [-0.39, 0.29) is 22.6 Å². The fourth-order valence-corrected chi connectivity index (χ4v) is 3.06. The number of fused-ring (bicyclic) bond motifs is 1. The average molecular weight is 394 g/mol. The summed E-state index contributed by atoms with van der Waals surface area (Å²) in [4.78, 5) is 43.5. The molecule has 29 heavy (non-hydrogen) atoms. The van der Waals surface area contributed by atoms with E-state index < -0.39 is 11.2 Å². The number of nitrogens with zero attached hydrogens (tertiary/aromatic N) is 4. The average Bonchev–Trinajstić information content (AvgIpc) is 2.75. The number of aryl methyl sites for hydroxylation is 1. The number of aromatic nitrogens is 3. The number of ether oxygens (including phenoxy) is 1. The van der Waals surface area contributed by atoms with Gasteiger partial charge in [0.1, 0.15) is 17.1 Å². The lowest BCUT2D eigenvalue weighted by Gasteiger charge is -2.21. The molecule has 0 N–H and O–H groups in total. The molecule has 3 aromatic rings. The number of methoxy groups -OCH3 is 1. The quantitative estimate of drug-likeness (QED) is 0.591. The second-order valence-corrected chi connectivity index (χ2v) is 6.60. The van der Waals surface area contributed by atoms with Crippen molar-refractivity contribution in [3.63, 3.8) is 0 Å². The van der Waals surface area contributed by atoms with Crippen LogP contribution in [0.5, 0.6) is 5.75 Å². The monoisotopic (exact) mass is 394 g/mol. The van der Waals surface area contributed by atoms with Crippen molar-refractivity contribution in [2.45, 2.75) is 6.54 Å². The summed E-state index contributed by atoms with van der Waals surface area (Å²) in [7, 11) is 4.52. The Morgan fingerprint density at radius 1 is 1.14 bits per heavy atom.